The molecular weight excluding hydrogens is 226 g/mol. The van der Waals surface area contributed by atoms with Crippen LogP contribution in [-0.2, 0) is 4.74 Å². The molecule has 104 valence electrons. The molecule has 1 N–H and O–H groups in total. The topological polar surface area (TPSA) is 36.9 Å². The summed E-state index contributed by atoms with van der Waals surface area (Å²) in [6, 6.07) is 0. The molecule has 0 heterocycles. The molecule has 0 aliphatic heterocycles. The van der Waals surface area contributed by atoms with Crippen molar-refractivity contribution in [2.45, 2.75) is 26.2 Å². The number of ether oxygens (including phenoxy) is 1. The fourth-order valence-electron chi connectivity index (χ4n) is 1.66. The molecule has 0 aromatic carbocycles. The van der Waals surface area contributed by atoms with Gasteiger partial charge in [0.1, 0.15) is 0 Å². The Bertz CT molecular complexity index is 272. The predicted molar refractivity (Wildman–Crippen MR) is 77.0 cm³/mol. The predicted octanol–water partition coefficient (Wildman–Crippen LogP) is 1.89. The van der Waals surface area contributed by atoms with Crippen molar-refractivity contribution in [3.63, 3.8) is 0 Å². The second kappa shape index (κ2) is 8.97. The Morgan fingerprint density at radius 2 is 2.28 bits per heavy atom. The molecule has 0 unspecified atom stereocenters. The molecule has 4 nitrogen and oxygen atoms in total. The summed E-state index contributed by atoms with van der Waals surface area (Å²) < 4.78 is 5.63. The minimum absolute atomic E-state index is 0.780. The Hall–Kier alpha value is -1.03. The first kappa shape index (κ1) is 15.0. The van der Waals surface area contributed by atoms with Crippen LogP contribution in [0.15, 0.2) is 17.1 Å². The van der Waals surface area contributed by atoms with E-state index in [1.165, 1.54) is 12.8 Å². The van der Waals surface area contributed by atoms with Crippen molar-refractivity contribution in [3.05, 3.63) is 12.2 Å². The van der Waals surface area contributed by atoms with Crippen molar-refractivity contribution in [2.24, 2.45) is 10.9 Å². The van der Waals surface area contributed by atoms with Gasteiger partial charge in [-0.15, -0.1) is 0 Å². The molecular formula is C14H27N3O. The fraction of sp³-hybridized carbons (Fsp3) is 0.786. The van der Waals surface area contributed by atoms with Gasteiger partial charge < -0.3 is 15.0 Å². The minimum Gasteiger partial charge on any atom is -0.379 e. The van der Waals surface area contributed by atoms with Crippen molar-refractivity contribution >= 4 is 5.96 Å². The van der Waals surface area contributed by atoms with Crippen LogP contribution in [0.4, 0.5) is 0 Å². The number of guanidine groups is 1. The van der Waals surface area contributed by atoms with Gasteiger partial charge in [-0.1, -0.05) is 12.2 Å². The third kappa shape index (κ3) is 6.64. The number of allylic oxidation sites excluding steroid dienone is 1. The van der Waals surface area contributed by atoms with Crippen LogP contribution in [0.1, 0.15) is 26.2 Å². The number of nitrogens with zero attached hydrogens (tertiary/aromatic N) is 2. The SMILES string of the molecule is C/C=C/CCNC(=NC)N(C)CCOCC1CC1. The van der Waals surface area contributed by atoms with Crippen molar-refractivity contribution in [1.82, 2.24) is 10.2 Å². The normalized spacial score (nSPS) is 16.3. The van der Waals surface area contributed by atoms with Crippen LogP contribution < -0.4 is 5.32 Å². The molecule has 18 heavy (non-hydrogen) atoms. The van der Waals surface area contributed by atoms with Crippen LogP contribution in [-0.4, -0.2) is 51.3 Å². The average Bonchev–Trinajstić information content (AvgIpc) is 3.18. The summed E-state index contributed by atoms with van der Waals surface area (Å²) in [5.41, 5.74) is 0. The molecule has 0 bridgehead atoms. The second-order valence-corrected chi connectivity index (χ2v) is 4.77. The first-order valence-corrected chi connectivity index (χ1v) is 6.88. The summed E-state index contributed by atoms with van der Waals surface area (Å²) in [5.74, 6) is 1.78. The number of likely N-dealkylation sites (N-methyl/N-ethyl adjacent to an activating group) is 1. The first-order valence-electron chi connectivity index (χ1n) is 6.88. The highest BCUT2D eigenvalue weighted by atomic mass is 16.5. The molecule has 0 saturated heterocycles. The summed E-state index contributed by atoms with van der Waals surface area (Å²) in [5, 5.41) is 3.34. The Kier molecular flexibility index (Phi) is 7.49. The highest BCUT2D eigenvalue weighted by molar-refractivity contribution is 5.79. The van der Waals surface area contributed by atoms with Gasteiger partial charge in [0, 0.05) is 33.8 Å². The van der Waals surface area contributed by atoms with E-state index in [4.69, 9.17) is 4.74 Å². The molecule has 0 spiro atoms. The Morgan fingerprint density at radius 3 is 2.89 bits per heavy atom. The highest BCUT2D eigenvalue weighted by Crippen LogP contribution is 2.28. The van der Waals surface area contributed by atoms with Gasteiger partial charge in [-0.2, -0.15) is 0 Å². The van der Waals surface area contributed by atoms with Gasteiger partial charge in [-0.3, -0.25) is 4.99 Å². The molecule has 0 amide bonds. The zero-order valence-electron chi connectivity index (χ0n) is 12.0. The van der Waals surface area contributed by atoms with E-state index < -0.39 is 0 Å². The summed E-state index contributed by atoms with van der Waals surface area (Å²) in [7, 11) is 3.87. The van der Waals surface area contributed by atoms with Crippen molar-refractivity contribution in [2.75, 3.05) is 40.4 Å². The lowest BCUT2D eigenvalue weighted by Crippen LogP contribution is -2.40. The van der Waals surface area contributed by atoms with Gasteiger partial charge in [-0.25, -0.2) is 0 Å². The van der Waals surface area contributed by atoms with E-state index in [9.17, 15) is 0 Å². The molecule has 1 aliphatic rings. The third-order valence-corrected chi connectivity index (χ3v) is 3.02. The molecule has 4 heteroatoms. The zero-order chi connectivity index (χ0) is 13.2. The van der Waals surface area contributed by atoms with E-state index in [0.717, 1.165) is 44.6 Å². The van der Waals surface area contributed by atoms with Gasteiger partial charge >= 0.3 is 0 Å². The standard InChI is InChI=1S/C14H27N3O/c1-4-5-6-9-16-14(15-2)17(3)10-11-18-12-13-7-8-13/h4-5,13H,6-12H2,1-3H3,(H,15,16)/b5-4+. The fourth-order valence-corrected chi connectivity index (χ4v) is 1.66. The van der Waals surface area contributed by atoms with Gasteiger partial charge in [0.05, 0.1) is 6.61 Å². The number of rotatable bonds is 8. The largest absolute Gasteiger partial charge is 0.379 e. The lowest BCUT2D eigenvalue weighted by atomic mass is 10.4. The number of hydrogen-bond acceptors (Lipinski definition) is 2. The van der Waals surface area contributed by atoms with E-state index >= 15 is 0 Å². The average molecular weight is 253 g/mol. The number of hydrogen-bond donors (Lipinski definition) is 1. The van der Waals surface area contributed by atoms with E-state index in [0.29, 0.717) is 0 Å². The number of aliphatic imine (C=N–C) groups is 1. The van der Waals surface area contributed by atoms with E-state index in [1.807, 2.05) is 21.0 Å². The zero-order valence-corrected chi connectivity index (χ0v) is 12.0. The Balaban J connectivity index is 2.08. The highest BCUT2D eigenvalue weighted by Gasteiger charge is 2.21. The van der Waals surface area contributed by atoms with Crippen LogP contribution in [0.25, 0.3) is 0 Å². The summed E-state index contributed by atoms with van der Waals surface area (Å²) in [4.78, 5) is 6.38. The quantitative estimate of drug-likeness (QED) is 0.311. The second-order valence-electron chi connectivity index (χ2n) is 4.77. The van der Waals surface area contributed by atoms with Gasteiger partial charge in [0.25, 0.3) is 0 Å². The van der Waals surface area contributed by atoms with Crippen LogP contribution in [0.3, 0.4) is 0 Å². The molecule has 1 saturated carbocycles. The molecule has 1 rings (SSSR count). The lowest BCUT2D eigenvalue weighted by molar-refractivity contribution is 0.115. The minimum atomic E-state index is 0.780. The van der Waals surface area contributed by atoms with Crippen molar-refractivity contribution in [1.29, 1.82) is 0 Å². The van der Waals surface area contributed by atoms with Crippen LogP contribution in [0.5, 0.6) is 0 Å². The van der Waals surface area contributed by atoms with E-state index in [-0.39, 0.29) is 0 Å². The molecule has 0 atom stereocenters. The number of nitrogens with one attached hydrogen (secondary N) is 1. The maximum atomic E-state index is 5.63. The molecule has 1 aliphatic carbocycles. The maximum absolute atomic E-state index is 5.63. The van der Waals surface area contributed by atoms with Crippen LogP contribution in [0, 0.1) is 5.92 Å². The van der Waals surface area contributed by atoms with Gasteiger partial charge in [-0.05, 0) is 32.1 Å². The molecule has 0 aromatic rings. The van der Waals surface area contributed by atoms with E-state index in [1.54, 1.807) is 0 Å². The molecule has 0 radical (unpaired) electrons. The summed E-state index contributed by atoms with van der Waals surface area (Å²) in [6.07, 6.45) is 7.95. The Morgan fingerprint density at radius 1 is 1.50 bits per heavy atom. The third-order valence-electron chi connectivity index (χ3n) is 3.02. The van der Waals surface area contributed by atoms with Gasteiger partial charge in [0.2, 0.25) is 0 Å². The van der Waals surface area contributed by atoms with Crippen LogP contribution >= 0.6 is 0 Å². The summed E-state index contributed by atoms with van der Waals surface area (Å²) in [6.45, 7) is 5.56. The summed E-state index contributed by atoms with van der Waals surface area (Å²) >= 11 is 0. The van der Waals surface area contributed by atoms with Crippen molar-refractivity contribution < 1.29 is 4.74 Å². The van der Waals surface area contributed by atoms with Crippen LogP contribution in [0.2, 0.25) is 0 Å². The molecule has 0 aromatic heterocycles. The van der Waals surface area contributed by atoms with Crippen molar-refractivity contribution in [3.8, 4) is 0 Å². The monoisotopic (exact) mass is 253 g/mol. The van der Waals surface area contributed by atoms with E-state index in [2.05, 4.69) is 27.4 Å². The molecule has 1 fully saturated rings. The Labute approximate surface area is 111 Å². The van der Waals surface area contributed by atoms with Gasteiger partial charge in [0.15, 0.2) is 5.96 Å². The smallest absolute Gasteiger partial charge is 0.193 e. The first-order chi connectivity index (χ1) is 8.77. The maximum Gasteiger partial charge on any atom is 0.193 e. The lowest BCUT2D eigenvalue weighted by Gasteiger charge is -2.21.